The van der Waals surface area contributed by atoms with Gasteiger partial charge < -0.3 is 4.98 Å². The Labute approximate surface area is 129 Å². The summed E-state index contributed by atoms with van der Waals surface area (Å²) in [6, 6.07) is 15.7. The van der Waals surface area contributed by atoms with Gasteiger partial charge in [0.25, 0.3) is 0 Å². The summed E-state index contributed by atoms with van der Waals surface area (Å²) in [5, 5.41) is 0. The zero-order valence-electron chi connectivity index (χ0n) is 10.4. The molecule has 5 heteroatoms. The van der Waals surface area contributed by atoms with Gasteiger partial charge in [0.1, 0.15) is 10.3 Å². The Balaban J connectivity index is 2.22. The monoisotopic (exact) mass is 343 g/mol. The van der Waals surface area contributed by atoms with E-state index < -0.39 is 0 Å². The van der Waals surface area contributed by atoms with E-state index in [1.54, 1.807) is 6.20 Å². The van der Waals surface area contributed by atoms with Gasteiger partial charge in [0.15, 0.2) is 5.82 Å². The molecule has 0 saturated carbocycles. The quantitative estimate of drug-likeness (QED) is 0.689. The van der Waals surface area contributed by atoms with Crippen LogP contribution in [0.4, 0.5) is 0 Å². The molecule has 98 valence electrons. The van der Waals surface area contributed by atoms with Gasteiger partial charge in [-0.05, 0) is 33.6 Å². The van der Waals surface area contributed by atoms with Gasteiger partial charge >= 0.3 is 0 Å². The number of aromatic amines is 1. The van der Waals surface area contributed by atoms with Crippen molar-refractivity contribution < 1.29 is 0 Å². The van der Waals surface area contributed by atoms with Crippen molar-refractivity contribution in [2.75, 3.05) is 0 Å². The van der Waals surface area contributed by atoms with E-state index in [0.717, 1.165) is 21.4 Å². The number of benzene rings is 1. The summed E-state index contributed by atoms with van der Waals surface area (Å²) in [6.45, 7) is 0. The van der Waals surface area contributed by atoms with Gasteiger partial charge in [0, 0.05) is 6.20 Å². The number of aromatic nitrogens is 3. The third kappa shape index (κ3) is 2.55. The van der Waals surface area contributed by atoms with Gasteiger partial charge in [0.05, 0.1) is 10.2 Å². The molecule has 2 aromatic heterocycles. The maximum atomic E-state index is 5.32. The molecular formula is C15H10BrN3S. The molecule has 0 aliphatic carbocycles. The van der Waals surface area contributed by atoms with Crippen molar-refractivity contribution in [3.8, 4) is 22.8 Å². The molecule has 3 rings (SSSR count). The summed E-state index contributed by atoms with van der Waals surface area (Å²) >= 11 is 8.83. The zero-order chi connectivity index (χ0) is 13.9. The highest BCUT2D eigenvalue weighted by Crippen LogP contribution is 2.28. The van der Waals surface area contributed by atoms with Crippen LogP contribution >= 0.6 is 28.1 Å². The molecule has 0 amide bonds. The average Bonchev–Trinajstić information content (AvgIpc) is 2.51. The topological polar surface area (TPSA) is 41.6 Å². The van der Waals surface area contributed by atoms with E-state index in [0.29, 0.717) is 10.5 Å². The average molecular weight is 344 g/mol. The van der Waals surface area contributed by atoms with Gasteiger partial charge in [-0.25, -0.2) is 4.98 Å². The van der Waals surface area contributed by atoms with Crippen molar-refractivity contribution in [2.45, 2.75) is 0 Å². The Kier molecular flexibility index (Phi) is 3.71. The first-order valence-electron chi connectivity index (χ1n) is 6.02. The van der Waals surface area contributed by atoms with Crippen molar-refractivity contribution in [2.24, 2.45) is 0 Å². The lowest BCUT2D eigenvalue weighted by Gasteiger charge is -2.08. The SMILES string of the molecule is S=c1nc(-c2ccccn2)[nH]c(-c2ccccc2)c1Br. The van der Waals surface area contributed by atoms with Crippen molar-refractivity contribution in [1.29, 1.82) is 0 Å². The lowest BCUT2D eigenvalue weighted by Crippen LogP contribution is -1.96. The second kappa shape index (κ2) is 5.64. The molecule has 2 heterocycles. The minimum Gasteiger partial charge on any atom is -0.337 e. The number of nitrogens with one attached hydrogen (secondary N) is 1. The molecule has 20 heavy (non-hydrogen) atoms. The van der Waals surface area contributed by atoms with E-state index in [1.165, 1.54) is 0 Å². The van der Waals surface area contributed by atoms with E-state index in [4.69, 9.17) is 12.2 Å². The van der Waals surface area contributed by atoms with Crippen LogP contribution in [0.5, 0.6) is 0 Å². The first-order chi connectivity index (χ1) is 9.75. The number of hydrogen-bond donors (Lipinski definition) is 1. The number of H-pyrrole nitrogens is 1. The molecule has 0 aliphatic rings. The molecule has 0 unspecified atom stereocenters. The fraction of sp³-hybridized carbons (Fsp3) is 0. The van der Waals surface area contributed by atoms with Crippen molar-refractivity contribution >= 4 is 28.1 Å². The predicted octanol–water partition coefficient (Wildman–Crippen LogP) is 4.63. The number of nitrogens with zero attached hydrogens (tertiary/aromatic N) is 2. The van der Waals surface area contributed by atoms with E-state index in [1.807, 2.05) is 48.5 Å². The van der Waals surface area contributed by atoms with Gasteiger partial charge in [0.2, 0.25) is 0 Å². The van der Waals surface area contributed by atoms with Crippen LogP contribution < -0.4 is 0 Å². The van der Waals surface area contributed by atoms with Gasteiger partial charge in [-0.15, -0.1) is 0 Å². The summed E-state index contributed by atoms with van der Waals surface area (Å²) in [5.41, 5.74) is 2.72. The Morgan fingerprint density at radius 2 is 1.75 bits per heavy atom. The molecule has 0 atom stereocenters. The van der Waals surface area contributed by atoms with Crippen molar-refractivity contribution in [1.82, 2.24) is 15.0 Å². The number of pyridine rings is 1. The van der Waals surface area contributed by atoms with Crippen LogP contribution in [-0.2, 0) is 0 Å². The minimum absolute atomic E-state index is 0.517. The smallest absolute Gasteiger partial charge is 0.158 e. The first-order valence-corrected chi connectivity index (χ1v) is 7.22. The molecule has 0 aliphatic heterocycles. The number of hydrogen-bond acceptors (Lipinski definition) is 3. The molecular weight excluding hydrogens is 334 g/mol. The summed E-state index contributed by atoms with van der Waals surface area (Å²) in [6.07, 6.45) is 1.73. The normalized spacial score (nSPS) is 10.4. The van der Waals surface area contributed by atoms with Crippen molar-refractivity contribution in [3.05, 3.63) is 63.8 Å². The van der Waals surface area contributed by atoms with Crippen LogP contribution in [0.1, 0.15) is 0 Å². The number of rotatable bonds is 2. The summed E-state index contributed by atoms with van der Waals surface area (Å²) in [4.78, 5) is 12.0. The summed E-state index contributed by atoms with van der Waals surface area (Å²) < 4.78 is 1.31. The van der Waals surface area contributed by atoms with Gasteiger partial charge in [-0.3, -0.25) is 4.98 Å². The Morgan fingerprint density at radius 3 is 2.45 bits per heavy atom. The highest BCUT2D eigenvalue weighted by atomic mass is 79.9. The first kappa shape index (κ1) is 13.1. The number of halogens is 1. The van der Waals surface area contributed by atoms with Crippen LogP contribution in [0.2, 0.25) is 0 Å². The molecule has 0 fully saturated rings. The maximum Gasteiger partial charge on any atom is 0.158 e. The molecule has 0 bridgehead atoms. The Bertz CT molecular complexity index is 785. The molecule has 3 aromatic rings. The standard InChI is InChI=1S/C15H10BrN3S/c16-12-13(10-6-2-1-3-7-10)18-14(19-15(12)20)11-8-4-5-9-17-11/h1-9H,(H,18,19,20). The fourth-order valence-corrected chi connectivity index (χ4v) is 2.50. The molecule has 1 aromatic carbocycles. The lowest BCUT2D eigenvalue weighted by atomic mass is 10.1. The molecule has 1 N–H and O–H groups in total. The summed E-state index contributed by atoms with van der Waals surface area (Å²) in [5.74, 6) is 0.664. The highest BCUT2D eigenvalue weighted by Gasteiger charge is 2.10. The molecule has 0 radical (unpaired) electrons. The minimum atomic E-state index is 0.517. The Hall–Kier alpha value is -1.85. The molecule has 3 nitrogen and oxygen atoms in total. The van der Waals surface area contributed by atoms with E-state index in [9.17, 15) is 0 Å². The largest absolute Gasteiger partial charge is 0.337 e. The third-order valence-corrected chi connectivity index (χ3v) is 4.16. The van der Waals surface area contributed by atoms with Crippen LogP contribution in [0.25, 0.3) is 22.8 Å². The second-order valence-electron chi connectivity index (χ2n) is 4.16. The second-order valence-corrected chi connectivity index (χ2v) is 5.34. The lowest BCUT2D eigenvalue weighted by molar-refractivity contribution is 1.12. The van der Waals surface area contributed by atoms with Crippen LogP contribution in [-0.4, -0.2) is 15.0 Å². The van der Waals surface area contributed by atoms with Gasteiger partial charge in [-0.2, -0.15) is 0 Å². The zero-order valence-corrected chi connectivity index (χ0v) is 12.8. The summed E-state index contributed by atoms with van der Waals surface area (Å²) in [7, 11) is 0. The van der Waals surface area contributed by atoms with Crippen molar-refractivity contribution in [3.63, 3.8) is 0 Å². The molecule has 0 saturated heterocycles. The van der Waals surface area contributed by atoms with Crippen LogP contribution in [0.15, 0.2) is 59.2 Å². The van der Waals surface area contributed by atoms with Crippen LogP contribution in [0, 0.1) is 4.64 Å². The molecule has 0 spiro atoms. The fourth-order valence-electron chi connectivity index (χ4n) is 1.89. The third-order valence-electron chi connectivity index (χ3n) is 2.83. The van der Waals surface area contributed by atoms with E-state index in [-0.39, 0.29) is 0 Å². The van der Waals surface area contributed by atoms with E-state index >= 15 is 0 Å². The Morgan fingerprint density at radius 1 is 1.00 bits per heavy atom. The van der Waals surface area contributed by atoms with E-state index in [2.05, 4.69) is 30.9 Å². The highest BCUT2D eigenvalue weighted by molar-refractivity contribution is 9.10. The maximum absolute atomic E-state index is 5.32. The van der Waals surface area contributed by atoms with Gasteiger partial charge in [-0.1, -0.05) is 48.6 Å². The van der Waals surface area contributed by atoms with Crippen LogP contribution in [0.3, 0.4) is 0 Å². The predicted molar refractivity (Wildman–Crippen MR) is 85.8 cm³/mol.